The molecule has 0 spiro atoms. The number of carbonyl (C=O) groups is 3. The van der Waals surface area contributed by atoms with Crippen LogP contribution in [0.25, 0.3) is 0 Å². The van der Waals surface area contributed by atoms with Gasteiger partial charge in [-0.25, -0.2) is 4.79 Å². The zero-order valence-electron chi connectivity index (χ0n) is 22.8. The maximum atomic E-state index is 13.5. The minimum absolute atomic E-state index is 0.161. The third kappa shape index (κ3) is 7.08. The number of hydrogen-bond donors (Lipinski definition) is 2. The van der Waals surface area contributed by atoms with E-state index in [-0.39, 0.29) is 11.8 Å². The topological polar surface area (TPSA) is 87.7 Å². The van der Waals surface area contributed by atoms with Crippen LogP contribution in [0.4, 0.5) is 10.7 Å². The monoisotopic (exact) mass is 605 g/mol. The predicted octanol–water partition coefficient (Wildman–Crippen LogP) is 6.92. The van der Waals surface area contributed by atoms with E-state index in [1.54, 1.807) is 6.07 Å². The highest BCUT2D eigenvalue weighted by molar-refractivity contribution is 8.00. The number of nitrogens with one attached hydrogen (secondary N) is 2. The minimum atomic E-state index is -0.427. The van der Waals surface area contributed by atoms with E-state index in [9.17, 15) is 14.4 Å². The van der Waals surface area contributed by atoms with Crippen LogP contribution in [0.1, 0.15) is 49.4 Å². The number of benzene rings is 2. The van der Waals surface area contributed by atoms with Crippen LogP contribution in [-0.2, 0) is 29.0 Å². The quantitative estimate of drug-likeness (QED) is 0.151. The van der Waals surface area contributed by atoms with Crippen molar-refractivity contribution >= 4 is 62.9 Å². The van der Waals surface area contributed by atoms with Crippen molar-refractivity contribution in [1.82, 2.24) is 4.90 Å². The van der Waals surface area contributed by atoms with E-state index in [1.807, 2.05) is 60.8 Å². The van der Waals surface area contributed by atoms with Gasteiger partial charge in [0.25, 0.3) is 5.91 Å². The molecule has 212 valence electrons. The predicted molar refractivity (Wildman–Crippen MR) is 167 cm³/mol. The molecule has 1 aliphatic heterocycles. The standard InChI is InChI=1S/C31H31N3O4S3/c1-3-24(40-22-12-7-11-21(17-22)32-29(36)25-13-8-16-39-25)28(35)33-30-27(31(37)38-2)23-14-15-34(19-26(23)41-30)18-20-9-5-4-6-10-20/h4-13,16-17,24H,3,14-15,18-19H2,1-2H3,(H,32,36)(H,33,35). The van der Waals surface area contributed by atoms with Crippen molar-refractivity contribution in [1.29, 1.82) is 0 Å². The molecule has 10 heteroatoms. The number of nitrogens with zero attached hydrogens (tertiary/aromatic N) is 1. The van der Waals surface area contributed by atoms with Crippen molar-refractivity contribution in [2.24, 2.45) is 0 Å². The third-order valence-corrected chi connectivity index (χ3v) is 10.1. The number of thiophene rings is 2. The largest absolute Gasteiger partial charge is 0.465 e. The molecule has 7 nitrogen and oxygen atoms in total. The second-order valence-electron chi connectivity index (χ2n) is 9.61. The molecule has 1 unspecified atom stereocenters. The summed E-state index contributed by atoms with van der Waals surface area (Å²) in [6, 6.07) is 21.4. The molecule has 1 aliphatic rings. The molecule has 2 N–H and O–H groups in total. The lowest BCUT2D eigenvalue weighted by Crippen LogP contribution is -2.30. The van der Waals surface area contributed by atoms with Crippen LogP contribution >= 0.6 is 34.4 Å². The Hall–Kier alpha value is -3.44. The lowest BCUT2D eigenvalue weighted by molar-refractivity contribution is -0.115. The zero-order valence-corrected chi connectivity index (χ0v) is 25.3. The lowest BCUT2D eigenvalue weighted by Gasteiger charge is -2.27. The van der Waals surface area contributed by atoms with Gasteiger partial charge in [-0.05, 0) is 53.6 Å². The number of thioether (sulfide) groups is 1. The second kappa shape index (κ2) is 13.5. The van der Waals surface area contributed by atoms with Crippen molar-refractivity contribution in [3.63, 3.8) is 0 Å². The lowest BCUT2D eigenvalue weighted by atomic mass is 10.0. The number of hydrogen-bond acceptors (Lipinski definition) is 8. The van der Waals surface area contributed by atoms with Gasteiger partial charge in [0.15, 0.2) is 0 Å². The fraction of sp³-hybridized carbons (Fsp3) is 0.258. The van der Waals surface area contributed by atoms with Gasteiger partial charge in [0.05, 0.1) is 22.8 Å². The Morgan fingerprint density at radius 3 is 2.61 bits per heavy atom. The van der Waals surface area contributed by atoms with E-state index in [2.05, 4.69) is 27.7 Å². The molecule has 0 bridgehead atoms. The van der Waals surface area contributed by atoms with Gasteiger partial charge in [0.2, 0.25) is 5.91 Å². The van der Waals surface area contributed by atoms with Crippen molar-refractivity contribution in [2.45, 2.75) is 43.0 Å². The number of rotatable bonds is 10. The first-order chi connectivity index (χ1) is 19.9. The summed E-state index contributed by atoms with van der Waals surface area (Å²) >= 11 is 4.27. The van der Waals surface area contributed by atoms with Gasteiger partial charge in [-0.15, -0.1) is 34.4 Å². The third-order valence-electron chi connectivity index (χ3n) is 6.79. The Kier molecular flexibility index (Phi) is 9.56. The number of carbonyl (C=O) groups excluding carboxylic acids is 3. The van der Waals surface area contributed by atoms with Crippen LogP contribution in [-0.4, -0.2) is 41.6 Å². The van der Waals surface area contributed by atoms with Crippen LogP contribution in [0.3, 0.4) is 0 Å². The fourth-order valence-electron chi connectivity index (χ4n) is 4.77. The van der Waals surface area contributed by atoms with Crippen LogP contribution in [0.5, 0.6) is 0 Å². The molecule has 2 aromatic heterocycles. The number of methoxy groups -OCH3 is 1. The van der Waals surface area contributed by atoms with E-state index in [1.165, 1.54) is 47.1 Å². The normalized spacial score (nSPS) is 13.7. The Balaban J connectivity index is 1.29. The van der Waals surface area contributed by atoms with Gasteiger partial charge in [-0.2, -0.15) is 0 Å². The highest BCUT2D eigenvalue weighted by atomic mass is 32.2. The van der Waals surface area contributed by atoms with E-state index < -0.39 is 11.2 Å². The first-order valence-electron chi connectivity index (χ1n) is 13.4. The highest BCUT2D eigenvalue weighted by Crippen LogP contribution is 2.39. The Morgan fingerprint density at radius 2 is 1.88 bits per heavy atom. The van der Waals surface area contributed by atoms with Crippen LogP contribution in [0.2, 0.25) is 0 Å². The van der Waals surface area contributed by atoms with Gasteiger partial charge in [-0.3, -0.25) is 14.5 Å². The molecule has 5 rings (SSSR count). The van der Waals surface area contributed by atoms with Gasteiger partial charge < -0.3 is 15.4 Å². The number of esters is 1. The van der Waals surface area contributed by atoms with Crippen molar-refractivity contribution < 1.29 is 19.1 Å². The summed E-state index contributed by atoms with van der Waals surface area (Å²) in [6.45, 7) is 4.32. The number of anilines is 2. The summed E-state index contributed by atoms with van der Waals surface area (Å²) in [4.78, 5) is 43.7. The van der Waals surface area contributed by atoms with Crippen molar-refractivity contribution in [3.05, 3.63) is 98.6 Å². The molecule has 0 fully saturated rings. The van der Waals surface area contributed by atoms with Gasteiger partial charge >= 0.3 is 5.97 Å². The molecule has 0 radical (unpaired) electrons. The first-order valence-corrected chi connectivity index (χ1v) is 15.9. The molecule has 0 saturated heterocycles. The van der Waals surface area contributed by atoms with E-state index in [0.717, 1.165) is 34.8 Å². The average Bonchev–Trinajstić information content (AvgIpc) is 3.64. The summed E-state index contributed by atoms with van der Waals surface area (Å²) in [5.74, 6) is -0.758. The summed E-state index contributed by atoms with van der Waals surface area (Å²) in [5, 5.41) is 7.99. The maximum Gasteiger partial charge on any atom is 0.341 e. The van der Waals surface area contributed by atoms with Gasteiger partial charge in [-0.1, -0.05) is 49.4 Å². The van der Waals surface area contributed by atoms with Crippen LogP contribution in [0, 0.1) is 0 Å². The molecule has 0 saturated carbocycles. The first kappa shape index (κ1) is 29.1. The van der Waals surface area contributed by atoms with Crippen molar-refractivity contribution in [2.75, 3.05) is 24.3 Å². The SMILES string of the molecule is CCC(Sc1cccc(NC(=O)c2cccs2)c1)C(=O)Nc1sc2c(c1C(=O)OC)CCN(Cc1ccccc1)C2. The maximum absolute atomic E-state index is 13.5. The molecule has 2 amide bonds. The molecule has 3 heterocycles. The van der Waals surface area contributed by atoms with E-state index in [0.29, 0.717) is 34.1 Å². The Labute approximate surface area is 251 Å². The summed E-state index contributed by atoms with van der Waals surface area (Å²) in [7, 11) is 1.37. The Bertz CT molecular complexity index is 1520. The summed E-state index contributed by atoms with van der Waals surface area (Å²) in [5.41, 5.74) is 3.35. The second-order valence-corrected chi connectivity index (χ2v) is 12.9. The molecule has 1 atom stereocenters. The molecular formula is C31H31N3O4S3. The van der Waals surface area contributed by atoms with Crippen molar-refractivity contribution in [3.8, 4) is 0 Å². The van der Waals surface area contributed by atoms with Crippen LogP contribution in [0.15, 0.2) is 77.0 Å². The molecule has 4 aromatic rings. The molecule has 41 heavy (non-hydrogen) atoms. The highest BCUT2D eigenvalue weighted by Gasteiger charge is 2.30. The number of fused-ring (bicyclic) bond motifs is 1. The van der Waals surface area contributed by atoms with Gasteiger partial charge in [0.1, 0.15) is 5.00 Å². The van der Waals surface area contributed by atoms with Crippen LogP contribution < -0.4 is 10.6 Å². The number of ether oxygens (including phenoxy) is 1. The average molecular weight is 606 g/mol. The van der Waals surface area contributed by atoms with E-state index >= 15 is 0 Å². The molecule has 2 aromatic carbocycles. The minimum Gasteiger partial charge on any atom is -0.465 e. The van der Waals surface area contributed by atoms with E-state index in [4.69, 9.17) is 4.74 Å². The molecule has 0 aliphatic carbocycles. The smallest absolute Gasteiger partial charge is 0.341 e. The molecular weight excluding hydrogens is 575 g/mol. The number of amides is 2. The summed E-state index contributed by atoms with van der Waals surface area (Å²) < 4.78 is 5.12. The Morgan fingerprint density at radius 1 is 1.05 bits per heavy atom. The summed E-state index contributed by atoms with van der Waals surface area (Å²) in [6.07, 6.45) is 1.31. The zero-order chi connectivity index (χ0) is 28.8. The fourth-order valence-corrected chi connectivity index (χ4v) is 7.68. The van der Waals surface area contributed by atoms with Gasteiger partial charge in [0, 0.05) is 35.1 Å².